The molecule has 2 nitrogen and oxygen atoms in total. The molecule has 1 aliphatic carbocycles. The van der Waals surface area contributed by atoms with Gasteiger partial charge in [0.25, 0.3) is 0 Å². The Bertz CT molecular complexity index is 440. The first-order valence-electron chi connectivity index (χ1n) is 6.81. The largest absolute Gasteiger partial charge is 0.459 e. The second kappa shape index (κ2) is 6.41. The number of ether oxygens (including phenoxy) is 1. The van der Waals surface area contributed by atoms with Gasteiger partial charge < -0.3 is 4.74 Å². The van der Waals surface area contributed by atoms with E-state index in [4.69, 9.17) is 34.4 Å². The molecule has 0 N–H and O–H groups in total. The van der Waals surface area contributed by atoms with E-state index in [1.54, 1.807) is 6.08 Å². The Kier molecular flexibility index (Phi) is 5.58. The summed E-state index contributed by atoms with van der Waals surface area (Å²) in [5.41, 5.74) is -0.646. The van der Waals surface area contributed by atoms with Crippen molar-refractivity contribution in [2.24, 2.45) is 17.3 Å². The van der Waals surface area contributed by atoms with Gasteiger partial charge in [-0.3, -0.25) is 4.79 Å². The van der Waals surface area contributed by atoms with Crippen LogP contribution in [0, 0.1) is 29.6 Å². The number of unbranched alkanes of at least 4 members (excludes halogenated alkanes) is 1. The van der Waals surface area contributed by atoms with E-state index < -0.39 is 5.60 Å². The van der Waals surface area contributed by atoms with Gasteiger partial charge >= 0.3 is 5.97 Å². The van der Waals surface area contributed by atoms with Crippen LogP contribution in [0.15, 0.2) is 10.6 Å². The lowest BCUT2D eigenvalue weighted by atomic mass is 10.0. The van der Waals surface area contributed by atoms with Gasteiger partial charge in [-0.1, -0.05) is 37.0 Å². The van der Waals surface area contributed by atoms with Gasteiger partial charge in [-0.25, -0.2) is 0 Å². The summed E-state index contributed by atoms with van der Waals surface area (Å²) in [5.74, 6) is 2.27. The van der Waals surface area contributed by atoms with Gasteiger partial charge in [-0.2, -0.15) is 0 Å². The van der Waals surface area contributed by atoms with Gasteiger partial charge in [0, 0.05) is 6.42 Å². The Morgan fingerprint density at radius 2 is 2.05 bits per heavy atom. The lowest BCUT2D eigenvalue weighted by Gasteiger charge is -2.25. The minimum atomic E-state index is -0.494. The minimum absolute atomic E-state index is 0.0431. The van der Waals surface area contributed by atoms with E-state index in [9.17, 15) is 4.79 Å². The first kappa shape index (κ1) is 17.4. The number of hydrogen-bond donors (Lipinski definition) is 0. The molecular formula is C16H22Cl2O2. The summed E-state index contributed by atoms with van der Waals surface area (Å²) in [4.78, 5) is 12.3. The summed E-state index contributed by atoms with van der Waals surface area (Å²) in [6, 6.07) is 0. The van der Waals surface area contributed by atoms with Crippen LogP contribution >= 0.6 is 23.2 Å². The number of hydrogen-bond acceptors (Lipinski definition) is 2. The normalized spacial score (nSPS) is 23.6. The first-order chi connectivity index (χ1) is 9.12. The van der Waals surface area contributed by atoms with Crippen molar-refractivity contribution in [2.45, 2.75) is 52.6 Å². The number of halogens is 2. The number of carbonyl (C=O) groups excluding carboxylic acids is 1. The van der Waals surface area contributed by atoms with Gasteiger partial charge in [-0.15, -0.1) is 12.3 Å². The smallest absolute Gasteiger partial charge is 0.310 e. The summed E-state index contributed by atoms with van der Waals surface area (Å²) in [6.45, 7) is 7.86. The van der Waals surface area contributed by atoms with Crippen molar-refractivity contribution >= 4 is 29.2 Å². The molecule has 0 spiro atoms. The Balaban J connectivity index is 2.60. The molecule has 0 heterocycles. The van der Waals surface area contributed by atoms with Crippen LogP contribution in [0.4, 0.5) is 0 Å². The van der Waals surface area contributed by atoms with Crippen molar-refractivity contribution in [3.05, 3.63) is 10.6 Å². The highest BCUT2D eigenvalue weighted by atomic mass is 35.5. The molecule has 0 aromatic heterocycles. The van der Waals surface area contributed by atoms with Crippen molar-refractivity contribution in [1.29, 1.82) is 0 Å². The van der Waals surface area contributed by atoms with Crippen LogP contribution in [0.2, 0.25) is 0 Å². The molecule has 2 atom stereocenters. The molecule has 20 heavy (non-hydrogen) atoms. The summed E-state index contributed by atoms with van der Waals surface area (Å²) in [5, 5.41) is 0. The second-order valence-electron chi connectivity index (χ2n) is 6.52. The van der Waals surface area contributed by atoms with Gasteiger partial charge in [0.05, 0.1) is 5.92 Å². The van der Waals surface area contributed by atoms with E-state index in [0.29, 0.717) is 6.42 Å². The summed E-state index contributed by atoms with van der Waals surface area (Å²) >= 11 is 11.4. The summed E-state index contributed by atoms with van der Waals surface area (Å²) in [6.07, 6.45) is 9.25. The predicted molar refractivity (Wildman–Crippen MR) is 83.4 cm³/mol. The maximum atomic E-state index is 12.3. The molecule has 1 rings (SSSR count). The summed E-state index contributed by atoms with van der Waals surface area (Å²) < 4.78 is 5.83. The zero-order chi connectivity index (χ0) is 15.6. The van der Waals surface area contributed by atoms with Crippen LogP contribution in [-0.4, -0.2) is 11.6 Å². The van der Waals surface area contributed by atoms with E-state index in [-0.39, 0.29) is 27.7 Å². The van der Waals surface area contributed by atoms with Gasteiger partial charge in [-0.05, 0) is 44.1 Å². The molecule has 0 radical (unpaired) electrons. The fourth-order valence-electron chi connectivity index (χ4n) is 2.58. The highest BCUT2D eigenvalue weighted by Crippen LogP contribution is 2.60. The maximum absolute atomic E-state index is 12.3. The third kappa shape index (κ3) is 4.43. The fraction of sp³-hybridized carbons (Fsp3) is 0.688. The molecule has 0 aromatic rings. The molecule has 0 saturated heterocycles. The van der Waals surface area contributed by atoms with Crippen LogP contribution in [-0.2, 0) is 9.53 Å². The van der Waals surface area contributed by atoms with Crippen LogP contribution < -0.4 is 0 Å². The molecule has 4 heteroatoms. The van der Waals surface area contributed by atoms with E-state index in [1.165, 1.54) is 0 Å². The zero-order valence-corrected chi connectivity index (χ0v) is 14.0. The highest BCUT2D eigenvalue weighted by Gasteiger charge is 2.62. The van der Waals surface area contributed by atoms with Crippen molar-refractivity contribution in [2.75, 3.05) is 0 Å². The molecule has 0 aliphatic heterocycles. The van der Waals surface area contributed by atoms with Crippen molar-refractivity contribution in [1.82, 2.24) is 0 Å². The molecule has 1 aliphatic rings. The van der Waals surface area contributed by atoms with Crippen LogP contribution in [0.25, 0.3) is 0 Å². The lowest BCUT2D eigenvalue weighted by molar-refractivity contribution is -0.159. The average Bonchev–Trinajstić information content (AvgIpc) is 2.78. The van der Waals surface area contributed by atoms with E-state index >= 15 is 0 Å². The first-order valence-corrected chi connectivity index (χ1v) is 7.56. The molecular weight excluding hydrogens is 295 g/mol. The number of rotatable bonds is 6. The van der Waals surface area contributed by atoms with E-state index in [0.717, 1.165) is 12.8 Å². The van der Waals surface area contributed by atoms with Crippen molar-refractivity contribution in [3.63, 3.8) is 0 Å². The molecule has 112 valence electrons. The number of esters is 1. The molecule has 1 fully saturated rings. The molecule has 1 saturated carbocycles. The highest BCUT2D eigenvalue weighted by molar-refractivity contribution is 6.55. The SMILES string of the molecule is C#CCCCC(C)(C)OC(=O)C1C(C=C(Cl)Cl)C1(C)C. The minimum Gasteiger partial charge on any atom is -0.459 e. The monoisotopic (exact) mass is 316 g/mol. The Morgan fingerprint density at radius 3 is 2.55 bits per heavy atom. The Labute approximate surface area is 131 Å². The average molecular weight is 317 g/mol. The fourth-order valence-corrected chi connectivity index (χ4v) is 2.85. The van der Waals surface area contributed by atoms with Crippen molar-refractivity contribution in [3.8, 4) is 12.3 Å². The number of terminal acetylenes is 1. The third-order valence-electron chi connectivity index (χ3n) is 3.95. The van der Waals surface area contributed by atoms with E-state index in [1.807, 2.05) is 27.7 Å². The zero-order valence-electron chi connectivity index (χ0n) is 12.5. The number of allylic oxidation sites excluding steroid dienone is 1. The van der Waals surface area contributed by atoms with Gasteiger partial charge in [0.2, 0.25) is 0 Å². The van der Waals surface area contributed by atoms with E-state index in [2.05, 4.69) is 5.92 Å². The topological polar surface area (TPSA) is 26.3 Å². The molecule has 0 aromatic carbocycles. The van der Waals surface area contributed by atoms with Crippen LogP contribution in [0.1, 0.15) is 47.0 Å². The van der Waals surface area contributed by atoms with Gasteiger partial charge in [0.1, 0.15) is 10.1 Å². The third-order valence-corrected chi connectivity index (χ3v) is 4.20. The predicted octanol–water partition coefficient (Wildman–Crippen LogP) is 4.70. The molecule has 0 amide bonds. The van der Waals surface area contributed by atoms with Crippen molar-refractivity contribution < 1.29 is 9.53 Å². The van der Waals surface area contributed by atoms with Crippen LogP contribution in [0.5, 0.6) is 0 Å². The lowest BCUT2D eigenvalue weighted by Crippen LogP contribution is -2.29. The molecule has 2 unspecified atom stereocenters. The Morgan fingerprint density at radius 1 is 1.45 bits per heavy atom. The summed E-state index contributed by atoms with van der Waals surface area (Å²) in [7, 11) is 0. The van der Waals surface area contributed by atoms with Gasteiger partial charge in [0.15, 0.2) is 0 Å². The second-order valence-corrected chi connectivity index (χ2v) is 7.53. The quantitative estimate of drug-likeness (QED) is 0.403. The van der Waals surface area contributed by atoms with Crippen LogP contribution in [0.3, 0.4) is 0 Å². The number of carbonyl (C=O) groups is 1. The molecule has 0 bridgehead atoms. The Hall–Kier alpha value is -0.650. The maximum Gasteiger partial charge on any atom is 0.310 e. The standard InChI is InChI=1S/C16H22Cl2O2/c1-6-7-8-9-15(2,3)20-14(19)13-11(10-12(17)18)16(13,4)5/h1,10-11,13H,7-9H2,2-5H3.